The van der Waals surface area contributed by atoms with Gasteiger partial charge >= 0.3 is 0 Å². The summed E-state index contributed by atoms with van der Waals surface area (Å²) in [5.41, 5.74) is 4.76. The van der Waals surface area contributed by atoms with Crippen molar-refractivity contribution in [3.63, 3.8) is 0 Å². The van der Waals surface area contributed by atoms with Crippen molar-refractivity contribution in [2.75, 3.05) is 39.8 Å². The number of H-pyrrole nitrogens is 1. The first-order chi connectivity index (χ1) is 13.6. The number of rotatable bonds is 4. The van der Waals surface area contributed by atoms with E-state index in [1.165, 1.54) is 16.7 Å². The Hall–Kier alpha value is -2.18. The van der Waals surface area contributed by atoms with Gasteiger partial charge in [0.2, 0.25) is 5.91 Å². The summed E-state index contributed by atoms with van der Waals surface area (Å²) in [4.78, 5) is 19.7. The predicted molar refractivity (Wildman–Crippen MR) is 111 cm³/mol. The zero-order chi connectivity index (χ0) is 19.5. The summed E-state index contributed by atoms with van der Waals surface area (Å²) in [5.74, 6) is 0.325. The fourth-order valence-electron chi connectivity index (χ4n) is 4.42. The zero-order valence-corrected chi connectivity index (χ0v) is 17.0. The van der Waals surface area contributed by atoms with Crippen LogP contribution in [0.2, 0.25) is 0 Å². The van der Waals surface area contributed by atoms with Crippen LogP contribution < -0.4 is 0 Å². The Morgan fingerprint density at radius 3 is 2.68 bits per heavy atom. The van der Waals surface area contributed by atoms with E-state index in [0.29, 0.717) is 5.91 Å². The number of benzene rings is 1. The summed E-state index contributed by atoms with van der Waals surface area (Å²) >= 11 is 0. The van der Waals surface area contributed by atoms with Crippen molar-refractivity contribution < 1.29 is 4.79 Å². The molecule has 6 nitrogen and oxygen atoms in total. The monoisotopic (exact) mass is 381 g/mol. The molecule has 6 heteroatoms. The predicted octanol–water partition coefficient (Wildman–Crippen LogP) is 2.51. The van der Waals surface area contributed by atoms with E-state index in [1.54, 1.807) is 0 Å². The van der Waals surface area contributed by atoms with Crippen LogP contribution in [0.1, 0.15) is 30.4 Å². The van der Waals surface area contributed by atoms with Gasteiger partial charge in [-0.1, -0.05) is 29.8 Å². The largest absolute Gasteiger partial charge is 0.340 e. The Labute approximate surface area is 167 Å². The quantitative estimate of drug-likeness (QED) is 0.884. The van der Waals surface area contributed by atoms with Crippen molar-refractivity contribution >= 4 is 5.91 Å². The molecule has 2 fully saturated rings. The SMILES string of the molecule is Cc1ccc(-c2[nH]ncc2CN2CCCN(C(=O)[C@H]3CCCN3C)CC2)cc1. The van der Waals surface area contributed by atoms with Crippen molar-refractivity contribution in [1.29, 1.82) is 0 Å². The molecule has 28 heavy (non-hydrogen) atoms. The topological polar surface area (TPSA) is 55.5 Å². The second-order valence-corrected chi connectivity index (χ2v) is 8.23. The fourth-order valence-corrected chi connectivity index (χ4v) is 4.42. The number of aryl methyl sites for hydroxylation is 1. The maximum Gasteiger partial charge on any atom is 0.239 e. The van der Waals surface area contributed by atoms with E-state index in [9.17, 15) is 4.79 Å². The summed E-state index contributed by atoms with van der Waals surface area (Å²) in [6, 6.07) is 8.65. The molecule has 1 aromatic heterocycles. The lowest BCUT2D eigenvalue weighted by molar-refractivity contribution is -0.135. The molecular formula is C22H31N5O. The van der Waals surface area contributed by atoms with Gasteiger partial charge < -0.3 is 4.90 Å². The van der Waals surface area contributed by atoms with Gasteiger partial charge in [0.1, 0.15) is 0 Å². The minimum absolute atomic E-state index is 0.0913. The molecule has 0 radical (unpaired) electrons. The molecule has 1 atom stereocenters. The molecule has 0 aliphatic carbocycles. The summed E-state index contributed by atoms with van der Waals surface area (Å²) < 4.78 is 0. The molecule has 2 aliphatic rings. The Bertz CT molecular complexity index is 800. The van der Waals surface area contributed by atoms with Gasteiger partial charge in [0.05, 0.1) is 17.9 Å². The number of carbonyl (C=O) groups excluding carboxylic acids is 1. The van der Waals surface area contributed by atoms with E-state index >= 15 is 0 Å². The van der Waals surface area contributed by atoms with E-state index < -0.39 is 0 Å². The molecule has 1 N–H and O–H groups in total. The van der Waals surface area contributed by atoms with Crippen molar-refractivity contribution in [3.05, 3.63) is 41.6 Å². The molecule has 0 bridgehead atoms. The first-order valence-electron chi connectivity index (χ1n) is 10.4. The molecule has 4 rings (SSSR count). The van der Waals surface area contributed by atoms with Crippen LogP contribution in [0.4, 0.5) is 0 Å². The number of hydrogen-bond acceptors (Lipinski definition) is 4. The molecule has 150 valence electrons. The van der Waals surface area contributed by atoms with Gasteiger partial charge in [-0.2, -0.15) is 5.10 Å². The highest BCUT2D eigenvalue weighted by atomic mass is 16.2. The molecule has 0 saturated carbocycles. The van der Waals surface area contributed by atoms with E-state index in [1.807, 2.05) is 6.20 Å². The Balaban J connectivity index is 1.39. The lowest BCUT2D eigenvalue weighted by Crippen LogP contribution is -2.45. The molecule has 2 aromatic rings. The van der Waals surface area contributed by atoms with E-state index in [-0.39, 0.29) is 6.04 Å². The fraction of sp³-hybridized carbons (Fsp3) is 0.545. The minimum atomic E-state index is 0.0913. The first kappa shape index (κ1) is 19.2. The number of aromatic nitrogens is 2. The highest BCUT2D eigenvalue weighted by molar-refractivity contribution is 5.82. The van der Waals surface area contributed by atoms with Crippen molar-refractivity contribution in [2.45, 2.75) is 38.8 Å². The van der Waals surface area contributed by atoms with Gasteiger partial charge in [-0.05, 0) is 45.3 Å². The van der Waals surface area contributed by atoms with Crippen LogP contribution >= 0.6 is 0 Å². The molecule has 3 heterocycles. The second-order valence-electron chi connectivity index (χ2n) is 8.23. The number of amides is 1. The van der Waals surface area contributed by atoms with Gasteiger partial charge in [0.15, 0.2) is 0 Å². The van der Waals surface area contributed by atoms with Crippen molar-refractivity contribution in [1.82, 2.24) is 24.9 Å². The van der Waals surface area contributed by atoms with Gasteiger partial charge in [-0.15, -0.1) is 0 Å². The average Bonchev–Trinajstić information content (AvgIpc) is 3.26. The lowest BCUT2D eigenvalue weighted by atomic mass is 10.1. The molecule has 0 unspecified atom stereocenters. The van der Waals surface area contributed by atoms with Crippen molar-refractivity contribution in [2.24, 2.45) is 0 Å². The number of hydrogen-bond donors (Lipinski definition) is 1. The van der Waals surface area contributed by atoms with Crippen LogP contribution in [0.25, 0.3) is 11.3 Å². The number of carbonyl (C=O) groups is 1. The maximum absolute atomic E-state index is 12.9. The summed E-state index contributed by atoms with van der Waals surface area (Å²) in [6.07, 6.45) is 5.11. The standard InChI is InChI=1S/C22H31N5O/c1-17-6-8-18(9-7-17)21-19(15-23-24-21)16-26-11-4-12-27(14-13-26)22(28)20-5-3-10-25(20)2/h6-9,15,20H,3-5,10-14,16H2,1-2H3,(H,23,24)/t20-/m1/s1. The molecule has 2 aliphatic heterocycles. The summed E-state index contributed by atoms with van der Waals surface area (Å²) in [6.45, 7) is 7.63. The third-order valence-corrected chi connectivity index (χ3v) is 6.16. The van der Waals surface area contributed by atoms with Crippen LogP contribution in [0, 0.1) is 6.92 Å². The number of nitrogens with zero attached hydrogens (tertiary/aromatic N) is 4. The van der Waals surface area contributed by atoms with Crippen molar-refractivity contribution in [3.8, 4) is 11.3 Å². The molecule has 1 aromatic carbocycles. The maximum atomic E-state index is 12.9. The average molecular weight is 382 g/mol. The van der Waals surface area contributed by atoms with E-state index in [4.69, 9.17) is 0 Å². The highest BCUT2D eigenvalue weighted by Crippen LogP contribution is 2.23. The molecule has 0 spiro atoms. The molecule has 2 saturated heterocycles. The number of likely N-dealkylation sites (tertiary alicyclic amines) is 1. The Morgan fingerprint density at radius 2 is 1.93 bits per heavy atom. The summed E-state index contributed by atoms with van der Waals surface area (Å²) in [5, 5.41) is 7.46. The van der Waals surface area contributed by atoms with Gasteiger partial charge in [-0.25, -0.2) is 0 Å². The van der Waals surface area contributed by atoms with Gasteiger partial charge in [-0.3, -0.25) is 19.7 Å². The molecule has 1 amide bonds. The van der Waals surface area contributed by atoms with Crippen LogP contribution in [-0.2, 0) is 11.3 Å². The van der Waals surface area contributed by atoms with Crippen LogP contribution in [0.3, 0.4) is 0 Å². The number of nitrogens with one attached hydrogen (secondary N) is 1. The summed E-state index contributed by atoms with van der Waals surface area (Å²) in [7, 11) is 2.07. The van der Waals surface area contributed by atoms with Crippen LogP contribution in [0.5, 0.6) is 0 Å². The van der Waals surface area contributed by atoms with E-state index in [2.05, 4.69) is 63.1 Å². The third-order valence-electron chi connectivity index (χ3n) is 6.16. The van der Waals surface area contributed by atoms with E-state index in [0.717, 1.165) is 64.2 Å². The normalized spacial score (nSPS) is 21.8. The zero-order valence-electron chi connectivity index (χ0n) is 17.0. The van der Waals surface area contributed by atoms with Crippen LogP contribution in [0.15, 0.2) is 30.5 Å². The third kappa shape index (κ3) is 4.13. The Morgan fingerprint density at radius 1 is 1.11 bits per heavy atom. The van der Waals surface area contributed by atoms with Gasteiger partial charge in [0, 0.05) is 38.3 Å². The second kappa shape index (κ2) is 8.45. The molecular weight excluding hydrogens is 350 g/mol. The lowest BCUT2D eigenvalue weighted by Gasteiger charge is -2.27. The number of likely N-dealkylation sites (N-methyl/N-ethyl adjacent to an activating group) is 1. The highest BCUT2D eigenvalue weighted by Gasteiger charge is 2.32. The smallest absolute Gasteiger partial charge is 0.239 e. The Kier molecular flexibility index (Phi) is 5.78. The minimum Gasteiger partial charge on any atom is -0.340 e. The number of aromatic amines is 1. The van der Waals surface area contributed by atoms with Crippen LogP contribution in [-0.4, -0.2) is 76.6 Å². The van der Waals surface area contributed by atoms with Gasteiger partial charge in [0.25, 0.3) is 0 Å². The first-order valence-corrected chi connectivity index (χ1v) is 10.4.